The Labute approximate surface area is 156 Å². The molecule has 136 valence electrons. The summed E-state index contributed by atoms with van der Waals surface area (Å²) in [6, 6.07) is 14.4. The fourth-order valence-electron chi connectivity index (χ4n) is 2.07. The number of benzene rings is 2. The lowest BCUT2D eigenvalue weighted by atomic mass is 10.2. The highest BCUT2D eigenvalue weighted by Gasteiger charge is 2.24. The van der Waals surface area contributed by atoms with Gasteiger partial charge in [-0.25, -0.2) is 4.79 Å². The molecular weight excluding hydrogens is 356 g/mol. The molecule has 0 fully saturated rings. The number of hydrogen-bond donors (Lipinski definition) is 2. The van der Waals surface area contributed by atoms with E-state index in [2.05, 4.69) is 10.6 Å². The van der Waals surface area contributed by atoms with Gasteiger partial charge in [-0.3, -0.25) is 9.59 Å². The molecule has 6 nitrogen and oxygen atoms in total. The topological polar surface area (TPSA) is 84.5 Å². The van der Waals surface area contributed by atoms with Crippen molar-refractivity contribution in [2.45, 2.75) is 26.0 Å². The van der Waals surface area contributed by atoms with Crippen LogP contribution in [0.4, 0.5) is 5.69 Å². The van der Waals surface area contributed by atoms with Crippen LogP contribution >= 0.6 is 11.6 Å². The van der Waals surface area contributed by atoms with E-state index in [4.69, 9.17) is 16.3 Å². The van der Waals surface area contributed by atoms with Crippen LogP contribution in [0.25, 0.3) is 0 Å². The third kappa shape index (κ3) is 5.32. The first-order valence-electron chi connectivity index (χ1n) is 8.00. The molecular formula is C19H19ClN2O4. The molecule has 0 aliphatic carbocycles. The largest absolute Gasteiger partial charge is 0.451 e. The molecule has 2 N–H and O–H groups in total. The lowest BCUT2D eigenvalue weighted by Gasteiger charge is -2.18. The second-order valence-electron chi connectivity index (χ2n) is 5.61. The zero-order valence-electron chi connectivity index (χ0n) is 14.4. The average Bonchev–Trinajstić information content (AvgIpc) is 2.62. The minimum atomic E-state index is -1.01. The second kappa shape index (κ2) is 9.01. The highest BCUT2D eigenvalue weighted by Crippen LogP contribution is 2.15. The average molecular weight is 375 g/mol. The van der Waals surface area contributed by atoms with Crippen molar-refractivity contribution in [2.24, 2.45) is 0 Å². The summed E-state index contributed by atoms with van der Waals surface area (Å²) >= 11 is 5.96. The van der Waals surface area contributed by atoms with Crippen molar-refractivity contribution in [2.75, 3.05) is 5.32 Å². The standard InChI is InChI=1S/C19H19ClN2O4/c1-12(21-18(24)15-10-6-7-11-16(15)20)19(25)26-13(2)17(23)22-14-8-4-3-5-9-14/h3-13H,1-2H3,(H,21,24)(H,22,23)/t12-,13-/m0/s1. The maximum Gasteiger partial charge on any atom is 0.329 e. The molecule has 2 atom stereocenters. The fourth-order valence-corrected chi connectivity index (χ4v) is 2.30. The molecule has 0 heterocycles. The number of carbonyl (C=O) groups excluding carboxylic acids is 3. The van der Waals surface area contributed by atoms with Gasteiger partial charge in [-0.1, -0.05) is 41.9 Å². The van der Waals surface area contributed by atoms with Crippen molar-refractivity contribution in [3.63, 3.8) is 0 Å². The molecule has 2 aromatic carbocycles. The predicted molar refractivity (Wildman–Crippen MR) is 99.0 cm³/mol. The van der Waals surface area contributed by atoms with Crippen LogP contribution in [0.5, 0.6) is 0 Å². The van der Waals surface area contributed by atoms with Crippen LogP contribution in [0.15, 0.2) is 54.6 Å². The van der Waals surface area contributed by atoms with Crippen LogP contribution in [0.3, 0.4) is 0 Å². The summed E-state index contributed by atoms with van der Waals surface area (Å²) in [6.07, 6.45) is -1.01. The van der Waals surface area contributed by atoms with E-state index in [1.807, 2.05) is 6.07 Å². The Bertz CT molecular complexity index is 795. The van der Waals surface area contributed by atoms with Crippen molar-refractivity contribution >= 4 is 35.1 Å². The molecule has 0 aromatic heterocycles. The molecule has 2 aromatic rings. The third-order valence-electron chi connectivity index (χ3n) is 3.52. The van der Waals surface area contributed by atoms with Gasteiger partial charge in [-0.2, -0.15) is 0 Å². The molecule has 0 bridgehead atoms. The number of ether oxygens (including phenoxy) is 1. The summed E-state index contributed by atoms with van der Waals surface area (Å²) < 4.78 is 5.11. The van der Waals surface area contributed by atoms with E-state index in [-0.39, 0.29) is 10.6 Å². The van der Waals surface area contributed by atoms with Gasteiger partial charge < -0.3 is 15.4 Å². The van der Waals surface area contributed by atoms with Crippen LogP contribution in [0, 0.1) is 0 Å². The SMILES string of the molecule is C[C@H](NC(=O)c1ccccc1Cl)C(=O)O[C@@H](C)C(=O)Nc1ccccc1. The molecule has 0 radical (unpaired) electrons. The monoisotopic (exact) mass is 374 g/mol. The Morgan fingerprint density at radius 1 is 0.962 bits per heavy atom. The van der Waals surface area contributed by atoms with Crippen molar-refractivity contribution in [3.8, 4) is 0 Å². The number of halogens is 1. The molecule has 0 unspecified atom stereocenters. The van der Waals surface area contributed by atoms with Crippen LogP contribution in [0.2, 0.25) is 5.02 Å². The summed E-state index contributed by atoms with van der Waals surface area (Å²) in [5.74, 6) is -1.68. The van der Waals surface area contributed by atoms with Crippen molar-refractivity contribution in [1.29, 1.82) is 0 Å². The Morgan fingerprint density at radius 3 is 2.23 bits per heavy atom. The van der Waals surface area contributed by atoms with Gasteiger partial charge in [-0.05, 0) is 38.1 Å². The Balaban J connectivity index is 1.88. The summed E-state index contributed by atoms with van der Waals surface area (Å²) in [5, 5.41) is 5.42. The lowest BCUT2D eigenvalue weighted by molar-refractivity contribution is -0.154. The zero-order valence-corrected chi connectivity index (χ0v) is 15.1. The van der Waals surface area contributed by atoms with Gasteiger partial charge in [0, 0.05) is 5.69 Å². The van der Waals surface area contributed by atoms with E-state index in [0.29, 0.717) is 5.69 Å². The van der Waals surface area contributed by atoms with E-state index >= 15 is 0 Å². The highest BCUT2D eigenvalue weighted by molar-refractivity contribution is 6.33. The smallest absolute Gasteiger partial charge is 0.329 e. The van der Waals surface area contributed by atoms with Crippen LogP contribution in [-0.4, -0.2) is 29.9 Å². The number of amides is 2. The third-order valence-corrected chi connectivity index (χ3v) is 3.85. The number of carbonyl (C=O) groups is 3. The van der Waals surface area contributed by atoms with E-state index < -0.39 is 29.9 Å². The molecule has 2 rings (SSSR count). The van der Waals surface area contributed by atoms with E-state index in [0.717, 1.165) is 0 Å². The minimum Gasteiger partial charge on any atom is -0.451 e. The zero-order chi connectivity index (χ0) is 19.1. The number of hydrogen-bond acceptors (Lipinski definition) is 4. The van der Waals surface area contributed by atoms with Gasteiger partial charge in [0.15, 0.2) is 6.10 Å². The van der Waals surface area contributed by atoms with Crippen LogP contribution < -0.4 is 10.6 Å². The van der Waals surface area contributed by atoms with E-state index in [9.17, 15) is 14.4 Å². The van der Waals surface area contributed by atoms with Gasteiger partial charge in [-0.15, -0.1) is 0 Å². The summed E-state index contributed by atoms with van der Waals surface area (Å²) in [4.78, 5) is 36.3. The van der Waals surface area contributed by atoms with Crippen molar-refractivity contribution in [3.05, 3.63) is 65.2 Å². The number of anilines is 1. The maximum absolute atomic E-state index is 12.2. The normalized spacial score (nSPS) is 12.6. The van der Waals surface area contributed by atoms with Gasteiger partial charge in [0.1, 0.15) is 6.04 Å². The quantitative estimate of drug-likeness (QED) is 0.761. The summed E-state index contributed by atoms with van der Waals surface area (Å²) in [5.41, 5.74) is 0.851. The Hall–Kier alpha value is -2.86. The highest BCUT2D eigenvalue weighted by atomic mass is 35.5. The lowest BCUT2D eigenvalue weighted by Crippen LogP contribution is -2.42. The molecule has 0 spiro atoms. The summed E-state index contributed by atoms with van der Waals surface area (Å²) in [7, 11) is 0. The van der Waals surface area contributed by atoms with Crippen molar-refractivity contribution < 1.29 is 19.1 Å². The van der Waals surface area contributed by atoms with Gasteiger partial charge >= 0.3 is 5.97 Å². The molecule has 0 saturated heterocycles. The van der Waals surface area contributed by atoms with Gasteiger partial charge in [0.2, 0.25) is 0 Å². The van der Waals surface area contributed by atoms with Gasteiger partial charge in [0.05, 0.1) is 10.6 Å². The fraction of sp³-hybridized carbons (Fsp3) is 0.211. The first-order valence-corrected chi connectivity index (χ1v) is 8.38. The van der Waals surface area contributed by atoms with E-state index in [1.54, 1.807) is 48.5 Å². The molecule has 0 saturated carbocycles. The maximum atomic E-state index is 12.2. The molecule has 7 heteroatoms. The molecule has 2 amide bonds. The number of rotatable bonds is 6. The number of esters is 1. The first-order chi connectivity index (χ1) is 12.4. The molecule has 26 heavy (non-hydrogen) atoms. The Kier molecular flexibility index (Phi) is 6.74. The number of para-hydroxylation sites is 1. The minimum absolute atomic E-state index is 0.253. The van der Waals surface area contributed by atoms with Gasteiger partial charge in [0.25, 0.3) is 11.8 Å². The number of nitrogens with one attached hydrogen (secondary N) is 2. The second-order valence-corrected chi connectivity index (χ2v) is 6.02. The Morgan fingerprint density at radius 2 is 1.58 bits per heavy atom. The first kappa shape index (κ1) is 19.5. The predicted octanol–water partition coefficient (Wildman–Crippen LogP) is 3.03. The van der Waals surface area contributed by atoms with Crippen LogP contribution in [0.1, 0.15) is 24.2 Å². The van der Waals surface area contributed by atoms with E-state index in [1.165, 1.54) is 13.8 Å². The van der Waals surface area contributed by atoms with Crippen molar-refractivity contribution in [1.82, 2.24) is 5.32 Å². The van der Waals surface area contributed by atoms with Crippen LogP contribution in [-0.2, 0) is 14.3 Å². The summed E-state index contributed by atoms with van der Waals surface area (Å²) in [6.45, 7) is 2.93. The molecule has 0 aliphatic heterocycles. The molecule has 0 aliphatic rings.